The number of rotatable bonds is 3. The second-order valence-corrected chi connectivity index (χ2v) is 4.10. The lowest BCUT2D eigenvalue weighted by molar-refractivity contribution is -0.385. The average Bonchev–Trinajstić information content (AvgIpc) is 2.41. The molecule has 2 rings (SSSR count). The van der Waals surface area contributed by atoms with Gasteiger partial charge < -0.3 is 9.47 Å². The van der Waals surface area contributed by atoms with Gasteiger partial charge in [0.05, 0.1) is 24.2 Å². The molecular weight excluding hydrogens is 255 g/mol. The van der Waals surface area contributed by atoms with Gasteiger partial charge in [0.15, 0.2) is 11.6 Å². The van der Waals surface area contributed by atoms with E-state index in [1.54, 1.807) is 6.07 Å². The molecule has 0 unspecified atom stereocenters. The van der Waals surface area contributed by atoms with E-state index in [0.717, 1.165) is 12.1 Å². The van der Waals surface area contributed by atoms with Gasteiger partial charge in [-0.3, -0.25) is 10.1 Å². The van der Waals surface area contributed by atoms with Crippen molar-refractivity contribution in [3.63, 3.8) is 0 Å². The summed E-state index contributed by atoms with van der Waals surface area (Å²) in [5, 5.41) is 19.5. The van der Waals surface area contributed by atoms with Crippen LogP contribution >= 0.6 is 0 Å². The number of nitro benzene ring substituents is 1. The molecule has 6 nitrogen and oxygen atoms in total. The van der Waals surface area contributed by atoms with E-state index in [-0.39, 0.29) is 17.4 Å². The zero-order valence-electron chi connectivity index (χ0n) is 9.97. The lowest BCUT2D eigenvalue weighted by Crippen LogP contribution is -2.26. The number of benzene rings is 1. The molecule has 0 spiro atoms. The number of nitro groups is 1. The summed E-state index contributed by atoms with van der Waals surface area (Å²) in [6.07, 6.45) is 0.958. The number of nitriles is 1. The zero-order chi connectivity index (χ0) is 13.8. The third kappa shape index (κ3) is 2.98. The first-order valence-electron chi connectivity index (χ1n) is 5.74. The van der Waals surface area contributed by atoms with Crippen LogP contribution in [-0.2, 0) is 4.74 Å². The number of hydrogen-bond acceptors (Lipinski definition) is 5. The number of nitrogens with zero attached hydrogens (tertiary/aromatic N) is 2. The molecule has 1 aromatic rings. The minimum atomic E-state index is -0.891. The molecule has 1 saturated heterocycles. The molecule has 0 aromatic heterocycles. The lowest BCUT2D eigenvalue weighted by atomic mass is 10.1. The molecule has 0 radical (unpaired) electrons. The van der Waals surface area contributed by atoms with E-state index in [2.05, 4.69) is 0 Å². The van der Waals surface area contributed by atoms with Gasteiger partial charge in [-0.05, 0) is 0 Å². The van der Waals surface area contributed by atoms with Crippen LogP contribution in [0, 0.1) is 27.3 Å². The second kappa shape index (κ2) is 5.63. The Labute approximate surface area is 108 Å². The maximum Gasteiger partial charge on any atom is 0.273 e. The van der Waals surface area contributed by atoms with E-state index in [4.69, 9.17) is 14.7 Å². The van der Waals surface area contributed by atoms with E-state index in [9.17, 15) is 14.5 Å². The first-order chi connectivity index (χ1) is 9.11. The Morgan fingerprint density at radius 2 is 2.16 bits per heavy atom. The molecule has 0 aliphatic carbocycles. The molecule has 1 aromatic carbocycles. The van der Waals surface area contributed by atoms with Crippen molar-refractivity contribution in [2.24, 2.45) is 0 Å². The van der Waals surface area contributed by atoms with Gasteiger partial charge in [0, 0.05) is 18.9 Å². The van der Waals surface area contributed by atoms with Crippen LogP contribution in [0.25, 0.3) is 0 Å². The SMILES string of the molecule is N#Cc1cc([N+](=O)[O-])cc(F)c1OC1CCOCC1. The minimum absolute atomic E-state index is 0.168. The molecule has 0 N–H and O–H groups in total. The van der Waals surface area contributed by atoms with Crippen LogP contribution in [0.2, 0.25) is 0 Å². The maximum absolute atomic E-state index is 13.8. The van der Waals surface area contributed by atoms with Crippen molar-refractivity contribution in [1.82, 2.24) is 0 Å². The Morgan fingerprint density at radius 1 is 1.47 bits per heavy atom. The predicted octanol–water partition coefficient (Wildman–Crippen LogP) is 2.16. The van der Waals surface area contributed by atoms with Gasteiger partial charge in [-0.2, -0.15) is 5.26 Å². The summed E-state index contributed by atoms with van der Waals surface area (Å²) in [7, 11) is 0. The number of non-ortho nitro benzene ring substituents is 1. The summed E-state index contributed by atoms with van der Waals surface area (Å²) in [6.45, 7) is 1.03. The standard InChI is InChI=1S/C12H11FN2O4/c13-11-6-9(15(16)17)5-8(7-14)12(11)19-10-1-3-18-4-2-10/h5-6,10H,1-4H2. The normalized spacial score (nSPS) is 15.8. The van der Waals surface area contributed by atoms with Gasteiger partial charge >= 0.3 is 0 Å². The van der Waals surface area contributed by atoms with E-state index >= 15 is 0 Å². The van der Waals surface area contributed by atoms with Crippen molar-refractivity contribution in [3.05, 3.63) is 33.6 Å². The number of ether oxygens (including phenoxy) is 2. The smallest absolute Gasteiger partial charge is 0.273 e. The van der Waals surface area contributed by atoms with Crippen LogP contribution in [0.4, 0.5) is 10.1 Å². The fourth-order valence-electron chi connectivity index (χ4n) is 1.85. The van der Waals surface area contributed by atoms with Crippen molar-refractivity contribution in [3.8, 4) is 11.8 Å². The van der Waals surface area contributed by atoms with Gasteiger partial charge in [-0.15, -0.1) is 0 Å². The summed E-state index contributed by atoms with van der Waals surface area (Å²) in [6, 6.07) is 3.49. The molecule has 0 atom stereocenters. The Balaban J connectivity index is 2.29. The third-order valence-corrected chi connectivity index (χ3v) is 2.81. The fourth-order valence-corrected chi connectivity index (χ4v) is 1.85. The van der Waals surface area contributed by atoms with Crippen molar-refractivity contribution >= 4 is 5.69 Å². The highest BCUT2D eigenvalue weighted by Gasteiger charge is 2.22. The Morgan fingerprint density at radius 3 is 2.74 bits per heavy atom. The van der Waals surface area contributed by atoms with E-state index < -0.39 is 16.4 Å². The Kier molecular flexibility index (Phi) is 3.92. The van der Waals surface area contributed by atoms with Crippen LogP contribution in [-0.4, -0.2) is 24.2 Å². The third-order valence-electron chi connectivity index (χ3n) is 2.81. The van der Waals surface area contributed by atoms with Crippen molar-refractivity contribution in [1.29, 1.82) is 5.26 Å². The van der Waals surface area contributed by atoms with Gasteiger partial charge in [0.25, 0.3) is 5.69 Å². The number of hydrogen-bond donors (Lipinski definition) is 0. The zero-order valence-corrected chi connectivity index (χ0v) is 9.97. The topological polar surface area (TPSA) is 85.4 Å². The molecule has 0 bridgehead atoms. The number of halogens is 1. The molecule has 19 heavy (non-hydrogen) atoms. The van der Waals surface area contributed by atoms with Gasteiger partial charge in [0.2, 0.25) is 0 Å². The molecule has 0 amide bonds. The second-order valence-electron chi connectivity index (χ2n) is 4.10. The van der Waals surface area contributed by atoms with Crippen molar-refractivity contribution in [2.45, 2.75) is 18.9 Å². The monoisotopic (exact) mass is 266 g/mol. The highest BCUT2D eigenvalue weighted by molar-refractivity contribution is 5.51. The van der Waals surface area contributed by atoms with E-state index in [1.165, 1.54) is 0 Å². The molecule has 7 heteroatoms. The first-order valence-corrected chi connectivity index (χ1v) is 5.74. The summed E-state index contributed by atoms with van der Waals surface area (Å²) >= 11 is 0. The quantitative estimate of drug-likeness (QED) is 0.618. The van der Waals surface area contributed by atoms with Crippen LogP contribution in [0.1, 0.15) is 18.4 Å². The van der Waals surface area contributed by atoms with Crippen LogP contribution in [0.3, 0.4) is 0 Å². The largest absolute Gasteiger partial charge is 0.486 e. The minimum Gasteiger partial charge on any atom is -0.486 e. The predicted molar refractivity (Wildman–Crippen MR) is 62.2 cm³/mol. The van der Waals surface area contributed by atoms with Crippen LogP contribution < -0.4 is 4.74 Å². The Bertz CT molecular complexity index is 535. The highest BCUT2D eigenvalue weighted by Crippen LogP contribution is 2.29. The van der Waals surface area contributed by atoms with Crippen LogP contribution in [0.5, 0.6) is 5.75 Å². The fraction of sp³-hybridized carbons (Fsp3) is 0.417. The van der Waals surface area contributed by atoms with Crippen molar-refractivity contribution < 1.29 is 18.8 Å². The first kappa shape index (κ1) is 13.2. The molecule has 1 aliphatic rings. The molecule has 1 heterocycles. The van der Waals surface area contributed by atoms with Crippen LogP contribution in [0.15, 0.2) is 12.1 Å². The Hall–Kier alpha value is -2.20. The molecule has 1 aliphatic heterocycles. The van der Waals surface area contributed by atoms with Crippen molar-refractivity contribution in [2.75, 3.05) is 13.2 Å². The molecule has 0 saturated carbocycles. The summed E-state index contributed by atoms with van der Waals surface area (Å²) in [5.41, 5.74) is -0.633. The molecule has 1 fully saturated rings. The van der Waals surface area contributed by atoms with Gasteiger partial charge in [0.1, 0.15) is 17.7 Å². The van der Waals surface area contributed by atoms with Gasteiger partial charge in [-0.25, -0.2) is 4.39 Å². The highest BCUT2D eigenvalue weighted by atomic mass is 19.1. The summed E-state index contributed by atoms with van der Waals surface area (Å²) in [5.74, 6) is -1.11. The average molecular weight is 266 g/mol. The molecule has 100 valence electrons. The van der Waals surface area contributed by atoms with E-state index in [0.29, 0.717) is 26.1 Å². The lowest BCUT2D eigenvalue weighted by Gasteiger charge is -2.23. The van der Waals surface area contributed by atoms with Gasteiger partial charge in [-0.1, -0.05) is 0 Å². The summed E-state index contributed by atoms with van der Waals surface area (Å²) in [4.78, 5) is 9.85. The molecular formula is C12H11FN2O4. The van der Waals surface area contributed by atoms with E-state index in [1.807, 2.05) is 0 Å². The maximum atomic E-state index is 13.8. The summed E-state index contributed by atoms with van der Waals surface area (Å²) < 4.78 is 24.4.